The first-order valence-electron chi connectivity index (χ1n) is 7.19. The molecule has 0 radical (unpaired) electrons. The summed E-state index contributed by atoms with van der Waals surface area (Å²) in [6.45, 7) is 0.445. The minimum absolute atomic E-state index is 0.110. The van der Waals surface area contributed by atoms with Crippen molar-refractivity contribution < 1.29 is 13.7 Å². The molecule has 2 heterocycles. The Morgan fingerprint density at radius 2 is 2.04 bits per heavy atom. The van der Waals surface area contributed by atoms with Crippen LogP contribution in [0.1, 0.15) is 17.2 Å². The Bertz CT molecular complexity index is 832. The van der Waals surface area contributed by atoms with Crippen LogP contribution in [0.5, 0.6) is 0 Å². The van der Waals surface area contributed by atoms with E-state index in [4.69, 9.17) is 16.1 Å². The van der Waals surface area contributed by atoms with Crippen molar-refractivity contribution in [3.8, 4) is 11.4 Å². The van der Waals surface area contributed by atoms with Gasteiger partial charge in [0.15, 0.2) is 0 Å². The Hall–Kier alpha value is -2.25. The Morgan fingerprint density at radius 3 is 2.75 bits per heavy atom. The van der Waals surface area contributed by atoms with Crippen molar-refractivity contribution in [2.75, 3.05) is 0 Å². The third-order valence-corrected chi connectivity index (χ3v) is 4.46. The van der Waals surface area contributed by atoms with Crippen molar-refractivity contribution in [2.45, 2.75) is 19.4 Å². The first-order chi connectivity index (χ1) is 11.6. The molecule has 1 amide bonds. The third kappa shape index (κ3) is 4.39. The van der Waals surface area contributed by atoms with E-state index in [1.807, 2.05) is 6.07 Å². The first-order valence-corrected chi connectivity index (χ1v) is 8.39. The number of nitrogens with one attached hydrogen (secondary N) is 1. The second-order valence-corrected chi connectivity index (χ2v) is 6.80. The topological polar surface area (TPSA) is 68.0 Å². The van der Waals surface area contributed by atoms with E-state index in [1.165, 1.54) is 23.5 Å². The number of halogens is 2. The molecule has 0 fully saturated rings. The van der Waals surface area contributed by atoms with Gasteiger partial charge in [-0.1, -0.05) is 16.8 Å². The first kappa shape index (κ1) is 16.6. The maximum atomic E-state index is 12.9. The molecule has 0 unspecified atom stereocenters. The van der Waals surface area contributed by atoms with Gasteiger partial charge in [0.2, 0.25) is 17.6 Å². The molecule has 3 aromatic rings. The van der Waals surface area contributed by atoms with E-state index in [-0.39, 0.29) is 18.1 Å². The van der Waals surface area contributed by atoms with Crippen molar-refractivity contribution in [3.05, 3.63) is 57.3 Å². The Labute approximate surface area is 146 Å². The molecule has 1 aromatic carbocycles. The van der Waals surface area contributed by atoms with Gasteiger partial charge in [-0.2, -0.15) is 4.98 Å². The summed E-state index contributed by atoms with van der Waals surface area (Å²) in [4.78, 5) is 17.0. The van der Waals surface area contributed by atoms with Gasteiger partial charge in [-0.25, -0.2) is 4.39 Å². The summed E-state index contributed by atoms with van der Waals surface area (Å²) in [5.41, 5.74) is 0.658. The Morgan fingerprint density at radius 1 is 1.25 bits per heavy atom. The number of carbonyl (C=O) groups excluding carboxylic acids is 1. The van der Waals surface area contributed by atoms with Gasteiger partial charge in [0, 0.05) is 23.3 Å². The van der Waals surface area contributed by atoms with Crippen LogP contribution >= 0.6 is 22.9 Å². The lowest BCUT2D eigenvalue weighted by molar-refractivity contribution is -0.121. The fourth-order valence-corrected chi connectivity index (χ4v) is 3.04. The van der Waals surface area contributed by atoms with E-state index in [1.54, 1.807) is 18.2 Å². The summed E-state index contributed by atoms with van der Waals surface area (Å²) >= 11 is 7.27. The summed E-state index contributed by atoms with van der Waals surface area (Å²) in [7, 11) is 0. The van der Waals surface area contributed by atoms with Crippen LogP contribution in [0.15, 0.2) is 40.9 Å². The highest BCUT2D eigenvalue weighted by molar-refractivity contribution is 7.16. The molecular formula is C16H13ClFN3O2S. The van der Waals surface area contributed by atoms with Crippen molar-refractivity contribution in [3.63, 3.8) is 0 Å². The molecule has 5 nitrogen and oxygen atoms in total. The SMILES string of the molecule is O=C(CCc1nc(-c2ccc(F)cc2)no1)NCc1ccc(Cl)s1. The molecule has 8 heteroatoms. The summed E-state index contributed by atoms with van der Waals surface area (Å²) in [6.07, 6.45) is 0.579. The molecule has 0 bridgehead atoms. The fourth-order valence-electron chi connectivity index (χ4n) is 2.01. The second-order valence-electron chi connectivity index (χ2n) is 5.00. The largest absolute Gasteiger partial charge is 0.351 e. The zero-order chi connectivity index (χ0) is 16.9. The normalized spacial score (nSPS) is 10.8. The van der Waals surface area contributed by atoms with Crippen LogP contribution in [-0.2, 0) is 17.8 Å². The number of benzene rings is 1. The fraction of sp³-hybridized carbons (Fsp3) is 0.188. The maximum Gasteiger partial charge on any atom is 0.227 e. The van der Waals surface area contributed by atoms with Crippen molar-refractivity contribution in [1.29, 1.82) is 0 Å². The lowest BCUT2D eigenvalue weighted by Crippen LogP contribution is -2.22. The van der Waals surface area contributed by atoms with Gasteiger partial charge < -0.3 is 9.84 Å². The molecule has 0 saturated carbocycles. The quantitative estimate of drug-likeness (QED) is 0.720. The van der Waals surface area contributed by atoms with E-state index >= 15 is 0 Å². The average molecular weight is 366 g/mol. The number of carbonyl (C=O) groups is 1. The highest BCUT2D eigenvalue weighted by atomic mass is 35.5. The van der Waals surface area contributed by atoms with Crippen LogP contribution in [0.2, 0.25) is 4.34 Å². The van der Waals surface area contributed by atoms with E-state index in [9.17, 15) is 9.18 Å². The molecule has 0 aliphatic heterocycles. The van der Waals surface area contributed by atoms with Gasteiger partial charge in [0.25, 0.3) is 0 Å². The van der Waals surface area contributed by atoms with Gasteiger partial charge in [-0.3, -0.25) is 4.79 Å². The smallest absolute Gasteiger partial charge is 0.227 e. The molecule has 0 spiro atoms. The molecule has 24 heavy (non-hydrogen) atoms. The molecule has 0 aliphatic rings. The number of aromatic nitrogens is 2. The van der Waals surface area contributed by atoms with Crippen molar-refractivity contribution >= 4 is 28.8 Å². The molecule has 124 valence electrons. The van der Waals surface area contributed by atoms with Gasteiger partial charge in [-0.15, -0.1) is 11.3 Å². The number of rotatable bonds is 6. The van der Waals surface area contributed by atoms with Gasteiger partial charge >= 0.3 is 0 Å². The minimum Gasteiger partial charge on any atom is -0.351 e. The van der Waals surface area contributed by atoms with Crippen LogP contribution in [-0.4, -0.2) is 16.0 Å². The van der Waals surface area contributed by atoms with E-state index in [2.05, 4.69) is 15.5 Å². The van der Waals surface area contributed by atoms with Crippen molar-refractivity contribution in [2.24, 2.45) is 0 Å². The van der Waals surface area contributed by atoms with Crippen LogP contribution in [0.4, 0.5) is 4.39 Å². The van der Waals surface area contributed by atoms with Gasteiger partial charge in [0.05, 0.1) is 10.9 Å². The highest BCUT2D eigenvalue weighted by Gasteiger charge is 2.11. The summed E-state index contributed by atoms with van der Waals surface area (Å²) in [5, 5.41) is 6.65. The zero-order valence-electron chi connectivity index (χ0n) is 12.5. The maximum absolute atomic E-state index is 12.9. The Kier molecular flexibility index (Phi) is 5.22. The lowest BCUT2D eigenvalue weighted by atomic mass is 10.2. The molecule has 0 atom stereocenters. The summed E-state index contributed by atoms with van der Waals surface area (Å²) in [6, 6.07) is 9.47. The molecule has 0 saturated heterocycles. The van der Waals surface area contributed by atoms with E-state index in [0.717, 1.165) is 4.88 Å². The van der Waals surface area contributed by atoms with Crippen LogP contribution in [0.3, 0.4) is 0 Å². The average Bonchev–Trinajstić information content (AvgIpc) is 3.21. The predicted molar refractivity (Wildman–Crippen MR) is 89.2 cm³/mol. The number of thiophene rings is 1. The van der Waals surface area contributed by atoms with Crippen LogP contribution in [0.25, 0.3) is 11.4 Å². The third-order valence-electron chi connectivity index (χ3n) is 3.23. The van der Waals surface area contributed by atoms with E-state index in [0.29, 0.717) is 34.6 Å². The van der Waals surface area contributed by atoms with Gasteiger partial charge in [-0.05, 0) is 36.4 Å². The molecule has 3 rings (SSSR count). The summed E-state index contributed by atoms with van der Waals surface area (Å²) < 4.78 is 18.7. The minimum atomic E-state index is -0.328. The molecule has 2 aromatic heterocycles. The highest BCUT2D eigenvalue weighted by Crippen LogP contribution is 2.21. The number of aryl methyl sites for hydroxylation is 1. The molecule has 0 aliphatic carbocycles. The second kappa shape index (κ2) is 7.55. The Balaban J connectivity index is 1.49. The predicted octanol–water partition coefficient (Wildman–Crippen LogP) is 3.84. The standard InChI is InChI=1S/C16H13ClFN3O2S/c17-13-6-5-12(24-13)9-19-14(22)7-8-15-20-16(21-23-15)10-1-3-11(18)4-2-10/h1-6H,7-9H2,(H,19,22). The summed E-state index contributed by atoms with van der Waals surface area (Å²) in [5.74, 6) is 0.300. The molecular weight excluding hydrogens is 353 g/mol. The lowest BCUT2D eigenvalue weighted by Gasteiger charge is -2.01. The van der Waals surface area contributed by atoms with Crippen LogP contribution < -0.4 is 5.32 Å². The van der Waals surface area contributed by atoms with E-state index < -0.39 is 0 Å². The molecule has 1 N–H and O–H groups in total. The number of hydrogen-bond donors (Lipinski definition) is 1. The zero-order valence-corrected chi connectivity index (χ0v) is 14.0. The van der Waals surface area contributed by atoms with Crippen LogP contribution in [0, 0.1) is 5.82 Å². The van der Waals surface area contributed by atoms with Crippen molar-refractivity contribution in [1.82, 2.24) is 15.5 Å². The number of nitrogens with zero attached hydrogens (tertiary/aromatic N) is 2. The van der Waals surface area contributed by atoms with Gasteiger partial charge in [0.1, 0.15) is 5.82 Å². The number of hydrogen-bond acceptors (Lipinski definition) is 5. The number of amides is 1. The monoisotopic (exact) mass is 365 g/mol.